The normalized spacial score (nSPS) is 13.2. The van der Waals surface area contributed by atoms with Gasteiger partial charge in [0.2, 0.25) is 0 Å². The molecule has 1 aromatic rings. The molecule has 0 heterocycles. The highest BCUT2D eigenvalue weighted by Crippen LogP contribution is 2.16. The summed E-state index contributed by atoms with van der Waals surface area (Å²) in [5.41, 5.74) is 1.43. The maximum atomic E-state index is 13.6. The third-order valence-electron chi connectivity index (χ3n) is 2.56. The van der Waals surface area contributed by atoms with Gasteiger partial charge in [0.15, 0.2) is 0 Å². The molecule has 0 bridgehead atoms. The minimum atomic E-state index is -0.645. The molecule has 0 aliphatic rings. The molecule has 2 nitrogen and oxygen atoms in total. The third kappa shape index (κ3) is 4.90. The second kappa shape index (κ2) is 8.02. The lowest BCUT2D eigenvalue weighted by molar-refractivity contribution is 0.574. The molecule has 3 heteroatoms. The van der Waals surface area contributed by atoms with Gasteiger partial charge in [-0.05, 0) is 13.0 Å². The zero-order valence-electron chi connectivity index (χ0n) is 10.9. The van der Waals surface area contributed by atoms with Crippen molar-refractivity contribution in [3.63, 3.8) is 0 Å². The Kier molecular flexibility index (Phi) is 6.28. The zero-order valence-corrected chi connectivity index (χ0v) is 10.9. The smallest absolute Gasteiger partial charge is 0.129 e. The van der Waals surface area contributed by atoms with Crippen molar-refractivity contribution in [1.82, 2.24) is 5.32 Å². The molecule has 1 aromatic carbocycles. The van der Waals surface area contributed by atoms with Gasteiger partial charge in [-0.15, -0.1) is 0 Å². The fourth-order valence-electron chi connectivity index (χ4n) is 1.55. The number of hydrogen-bond acceptors (Lipinski definition) is 2. The quantitative estimate of drug-likeness (QED) is 0.788. The molecule has 0 aromatic heterocycles. The van der Waals surface area contributed by atoms with Crippen molar-refractivity contribution < 1.29 is 4.39 Å². The summed E-state index contributed by atoms with van der Waals surface area (Å²) in [4.78, 5) is 0. The van der Waals surface area contributed by atoms with Gasteiger partial charge in [-0.1, -0.05) is 54.7 Å². The van der Waals surface area contributed by atoms with Crippen LogP contribution in [0.1, 0.15) is 18.5 Å². The van der Waals surface area contributed by atoms with Crippen LogP contribution in [0, 0.1) is 17.1 Å². The van der Waals surface area contributed by atoms with Gasteiger partial charge in [0.1, 0.15) is 11.9 Å². The molecule has 0 aliphatic carbocycles. The van der Waals surface area contributed by atoms with Crippen molar-refractivity contribution in [2.75, 3.05) is 6.54 Å². The number of allylic oxidation sites excluding steroid dienone is 4. The Morgan fingerprint density at radius 3 is 2.84 bits per heavy atom. The molecule has 1 unspecified atom stereocenters. The average molecular weight is 256 g/mol. The van der Waals surface area contributed by atoms with Crippen LogP contribution in [-0.4, -0.2) is 6.54 Å². The van der Waals surface area contributed by atoms with E-state index in [-0.39, 0.29) is 5.82 Å². The SMILES string of the molecule is C=CC=CC=C(C)CNC(C#N)c1ccccc1F. The molecule has 0 spiro atoms. The van der Waals surface area contributed by atoms with E-state index in [0.717, 1.165) is 5.57 Å². The van der Waals surface area contributed by atoms with Crippen molar-refractivity contribution in [3.8, 4) is 6.07 Å². The number of hydrogen-bond donors (Lipinski definition) is 1. The maximum absolute atomic E-state index is 13.6. The largest absolute Gasteiger partial charge is 0.294 e. The molecule has 1 rings (SSSR count). The van der Waals surface area contributed by atoms with Crippen molar-refractivity contribution in [3.05, 3.63) is 72.1 Å². The number of benzene rings is 1. The van der Waals surface area contributed by atoms with Crippen LogP contribution in [-0.2, 0) is 0 Å². The highest BCUT2D eigenvalue weighted by atomic mass is 19.1. The van der Waals surface area contributed by atoms with Gasteiger partial charge in [-0.25, -0.2) is 4.39 Å². The van der Waals surface area contributed by atoms with E-state index in [4.69, 9.17) is 5.26 Å². The lowest BCUT2D eigenvalue weighted by Gasteiger charge is -2.12. The van der Waals surface area contributed by atoms with Gasteiger partial charge in [-0.2, -0.15) is 5.26 Å². The number of nitrogens with zero attached hydrogens (tertiary/aromatic N) is 1. The second-order valence-electron chi connectivity index (χ2n) is 4.10. The summed E-state index contributed by atoms with van der Waals surface area (Å²) >= 11 is 0. The van der Waals surface area contributed by atoms with E-state index in [1.807, 2.05) is 25.2 Å². The number of nitrogens with one attached hydrogen (secondary N) is 1. The molecule has 0 saturated heterocycles. The molecule has 1 atom stereocenters. The summed E-state index contributed by atoms with van der Waals surface area (Å²) in [5, 5.41) is 12.1. The first kappa shape index (κ1) is 14.9. The van der Waals surface area contributed by atoms with Crippen LogP contribution in [0.4, 0.5) is 4.39 Å². The topological polar surface area (TPSA) is 35.8 Å². The molecule has 1 N–H and O–H groups in total. The molecule has 0 saturated carbocycles. The number of halogens is 1. The van der Waals surface area contributed by atoms with Crippen LogP contribution in [0.5, 0.6) is 0 Å². The molecule has 0 amide bonds. The lowest BCUT2D eigenvalue weighted by Crippen LogP contribution is -2.22. The fourth-order valence-corrected chi connectivity index (χ4v) is 1.55. The minimum Gasteiger partial charge on any atom is -0.294 e. The van der Waals surface area contributed by atoms with Gasteiger partial charge in [0, 0.05) is 12.1 Å². The Hall–Kier alpha value is -2.18. The summed E-state index contributed by atoms with van der Waals surface area (Å²) in [6, 6.07) is 7.73. The molecule has 98 valence electrons. The van der Waals surface area contributed by atoms with Crippen molar-refractivity contribution in [2.24, 2.45) is 0 Å². The lowest BCUT2D eigenvalue weighted by atomic mass is 10.1. The highest BCUT2D eigenvalue weighted by molar-refractivity contribution is 5.26. The predicted molar refractivity (Wildman–Crippen MR) is 75.9 cm³/mol. The van der Waals surface area contributed by atoms with Gasteiger partial charge < -0.3 is 0 Å². The zero-order chi connectivity index (χ0) is 14.1. The van der Waals surface area contributed by atoms with E-state index >= 15 is 0 Å². The monoisotopic (exact) mass is 256 g/mol. The molecule has 0 radical (unpaired) electrons. The van der Waals surface area contributed by atoms with Crippen molar-refractivity contribution in [2.45, 2.75) is 13.0 Å². The second-order valence-corrected chi connectivity index (χ2v) is 4.10. The average Bonchev–Trinajstić information content (AvgIpc) is 2.41. The van der Waals surface area contributed by atoms with Gasteiger partial charge in [-0.3, -0.25) is 5.32 Å². The van der Waals surface area contributed by atoms with E-state index in [9.17, 15) is 4.39 Å². The summed E-state index contributed by atoms with van der Waals surface area (Å²) in [5.74, 6) is -0.366. The Balaban J connectivity index is 2.67. The van der Waals surface area contributed by atoms with Crippen LogP contribution >= 0.6 is 0 Å². The van der Waals surface area contributed by atoms with E-state index in [1.54, 1.807) is 24.3 Å². The van der Waals surface area contributed by atoms with Gasteiger partial charge >= 0.3 is 0 Å². The fraction of sp³-hybridized carbons (Fsp3) is 0.188. The Morgan fingerprint density at radius 2 is 2.21 bits per heavy atom. The van der Waals surface area contributed by atoms with Crippen LogP contribution in [0.2, 0.25) is 0 Å². The Bertz CT molecular complexity index is 524. The number of nitriles is 1. The molecule has 0 fully saturated rings. The molecular formula is C16H17FN2. The number of rotatable bonds is 6. The van der Waals surface area contributed by atoms with E-state index in [0.29, 0.717) is 12.1 Å². The summed E-state index contributed by atoms with van der Waals surface area (Å²) in [7, 11) is 0. The standard InChI is InChI=1S/C16H17FN2/c1-3-4-5-8-13(2)12-19-16(11-18)14-9-6-7-10-15(14)17/h3-10,16,19H,1,12H2,2H3. The first-order valence-corrected chi connectivity index (χ1v) is 6.01. The van der Waals surface area contributed by atoms with Crippen LogP contribution in [0.25, 0.3) is 0 Å². The van der Waals surface area contributed by atoms with Crippen LogP contribution in [0.3, 0.4) is 0 Å². The van der Waals surface area contributed by atoms with Crippen molar-refractivity contribution >= 4 is 0 Å². The van der Waals surface area contributed by atoms with E-state index in [2.05, 4.69) is 18.0 Å². The minimum absolute atomic E-state index is 0.366. The highest BCUT2D eigenvalue weighted by Gasteiger charge is 2.13. The predicted octanol–water partition coefficient (Wildman–Crippen LogP) is 3.67. The first-order chi connectivity index (χ1) is 9.19. The van der Waals surface area contributed by atoms with Crippen LogP contribution in [0.15, 0.2) is 60.7 Å². The van der Waals surface area contributed by atoms with E-state index in [1.165, 1.54) is 6.07 Å². The van der Waals surface area contributed by atoms with Crippen molar-refractivity contribution in [1.29, 1.82) is 5.26 Å². The first-order valence-electron chi connectivity index (χ1n) is 6.01. The molecule has 0 aliphatic heterocycles. The van der Waals surface area contributed by atoms with Crippen LogP contribution < -0.4 is 5.32 Å². The molecular weight excluding hydrogens is 239 g/mol. The summed E-state index contributed by atoms with van der Waals surface area (Å²) in [6.45, 7) is 6.04. The summed E-state index contributed by atoms with van der Waals surface area (Å²) < 4.78 is 13.6. The van der Waals surface area contributed by atoms with E-state index < -0.39 is 6.04 Å². The van der Waals surface area contributed by atoms with Gasteiger partial charge in [0.25, 0.3) is 0 Å². The van der Waals surface area contributed by atoms with Gasteiger partial charge in [0.05, 0.1) is 6.07 Å². The molecule has 19 heavy (non-hydrogen) atoms. The Labute approximate surface area is 113 Å². The maximum Gasteiger partial charge on any atom is 0.129 e. The third-order valence-corrected chi connectivity index (χ3v) is 2.56. The Morgan fingerprint density at radius 1 is 1.47 bits per heavy atom. The summed E-state index contributed by atoms with van der Waals surface area (Å²) in [6.07, 6.45) is 7.30.